The monoisotopic (exact) mass is 378 g/mol. The van der Waals surface area contributed by atoms with Crippen LogP contribution in [0.1, 0.15) is 10.4 Å². The van der Waals surface area contributed by atoms with Gasteiger partial charge in [-0.25, -0.2) is 14.8 Å². The Morgan fingerprint density at radius 3 is 2.57 bits per heavy atom. The molecule has 0 unspecified atom stereocenters. The molecule has 0 aliphatic rings. The highest BCUT2D eigenvalue weighted by molar-refractivity contribution is 5.88. The van der Waals surface area contributed by atoms with Gasteiger partial charge in [-0.1, -0.05) is 12.1 Å². The quantitative estimate of drug-likeness (QED) is 0.620. The minimum Gasteiger partial charge on any atom is -0.492 e. The minimum absolute atomic E-state index is 0.234. The van der Waals surface area contributed by atoms with Crippen molar-refractivity contribution in [2.24, 2.45) is 0 Å². The number of nitrogens with one attached hydrogen (secondary N) is 1. The fourth-order valence-corrected chi connectivity index (χ4v) is 2.56. The van der Waals surface area contributed by atoms with Gasteiger partial charge in [0.25, 0.3) is 0 Å². The van der Waals surface area contributed by atoms with Crippen molar-refractivity contribution < 1.29 is 14.6 Å². The van der Waals surface area contributed by atoms with Gasteiger partial charge in [0.05, 0.1) is 11.3 Å². The van der Waals surface area contributed by atoms with Gasteiger partial charge in [-0.15, -0.1) is 0 Å². The molecule has 0 fully saturated rings. The highest BCUT2D eigenvalue weighted by atomic mass is 16.5. The Bertz CT molecular complexity index is 942. The lowest BCUT2D eigenvalue weighted by Crippen LogP contribution is -2.19. The number of benzene rings is 2. The zero-order chi connectivity index (χ0) is 19.9. The number of para-hydroxylation sites is 1. The van der Waals surface area contributed by atoms with Crippen molar-refractivity contribution in [3.8, 4) is 17.0 Å². The van der Waals surface area contributed by atoms with E-state index in [9.17, 15) is 4.79 Å². The van der Waals surface area contributed by atoms with E-state index in [1.807, 2.05) is 44.4 Å². The van der Waals surface area contributed by atoms with Crippen molar-refractivity contribution in [3.63, 3.8) is 0 Å². The molecule has 7 heteroatoms. The number of aromatic nitrogens is 2. The van der Waals surface area contributed by atoms with Gasteiger partial charge in [0.2, 0.25) is 0 Å². The molecule has 2 N–H and O–H groups in total. The largest absolute Gasteiger partial charge is 0.492 e. The Kier molecular flexibility index (Phi) is 6.18. The van der Waals surface area contributed by atoms with Crippen LogP contribution in [0.2, 0.25) is 0 Å². The lowest BCUT2D eigenvalue weighted by atomic mass is 10.1. The van der Waals surface area contributed by atoms with Crippen LogP contribution in [0.25, 0.3) is 11.3 Å². The summed E-state index contributed by atoms with van der Waals surface area (Å²) >= 11 is 0. The van der Waals surface area contributed by atoms with Crippen molar-refractivity contribution in [1.82, 2.24) is 14.9 Å². The van der Waals surface area contributed by atoms with Crippen LogP contribution in [0.5, 0.6) is 5.75 Å². The number of anilines is 2. The molecule has 3 aromatic rings. The van der Waals surface area contributed by atoms with Gasteiger partial charge in [0.1, 0.15) is 24.5 Å². The molecular formula is C21H22N4O3. The van der Waals surface area contributed by atoms with Crippen molar-refractivity contribution in [1.29, 1.82) is 0 Å². The van der Waals surface area contributed by atoms with E-state index in [4.69, 9.17) is 9.84 Å². The smallest absolute Gasteiger partial charge is 0.335 e. The molecule has 7 nitrogen and oxygen atoms in total. The summed E-state index contributed by atoms with van der Waals surface area (Å²) in [6.45, 7) is 1.40. The number of aromatic carboxylic acids is 1. The molecule has 144 valence electrons. The van der Waals surface area contributed by atoms with Gasteiger partial charge in [0.15, 0.2) is 0 Å². The van der Waals surface area contributed by atoms with Gasteiger partial charge < -0.3 is 20.1 Å². The second kappa shape index (κ2) is 8.96. The maximum absolute atomic E-state index is 11.0. The lowest BCUT2D eigenvalue weighted by Gasteiger charge is -2.14. The van der Waals surface area contributed by atoms with Crippen LogP contribution in [-0.2, 0) is 0 Å². The SMILES string of the molecule is CN(C)CCOc1ccccc1-c1cc(Nc2ccc(C(=O)O)cc2)ncn1. The number of carboxylic acid groups (broad SMARTS) is 1. The molecular weight excluding hydrogens is 356 g/mol. The van der Waals surface area contributed by atoms with E-state index in [0.29, 0.717) is 12.4 Å². The van der Waals surface area contributed by atoms with Crippen LogP contribution in [-0.4, -0.2) is 53.2 Å². The van der Waals surface area contributed by atoms with Gasteiger partial charge in [-0.3, -0.25) is 0 Å². The first-order valence-electron chi connectivity index (χ1n) is 8.82. The van der Waals surface area contributed by atoms with Crippen LogP contribution >= 0.6 is 0 Å². The molecule has 0 bridgehead atoms. The van der Waals surface area contributed by atoms with E-state index in [-0.39, 0.29) is 5.56 Å². The number of hydrogen-bond donors (Lipinski definition) is 2. The maximum Gasteiger partial charge on any atom is 0.335 e. The van der Waals surface area contributed by atoms with Crippen molar-refractivity contribution in [3.05, 3.63) is 66.5 Å². The van der Waals surface area contributed by atoms with Crippen LogP contribution in [0.4, 0.5) is 11.5 Å². The second-order valence-electron chi connectivity index (χ2n) is 6.44. The molecule has 2 aromatic carbocycles. The Morgan fingerprint density at radius 1 is 1.11 bits per heavy atom. The number of nitrogens with zero attached hydrogens (tertiary/aromatic N) is 3. The average molecular weight is 378 g/mol. The third-order valence-corrected chi connectivity index (χ3v) is 4.03. The van der Waals surface area contributed by atoms with Gasteiger partial charge >= 0.3 is 5.97 Å². The highest BCUT2D eigenvalue weighted by Gasteiger charge is 2.09. The number of ether oxygens (including phenoxy) is 1. The number of rotatable bonds is 8. The molecule has 0 amide bonds. The fraction of sp³-hybridized carbons (Fsp3) is 0.190. The number of hydrogen-bond acceptors (Lipinski definition) is 6. The molecule has 0 spiro atoms. The number of carboxylic acids is 1. The van der Waals surface area contributed by atoms with E-state index in [1.165, 1.54) is 6.33 Å². The number of carbonyl (C=O) groups is 1. The standard InChI is InChI=1S/C21H22N4O3/c1-25(2)11-12-28-19-6-4-3-5-17(19)18-13-20(23-14-22-18)24-16-9-7-15(8-10-16)21(26)27/h3-10,13-14H,11-12H2,1-2H3,(H,26,27)(H,22,23,24). The molecule has 0 aliphatic carbocycles. The summed E-state index contributed by atoms with van der Waals surface area (Å²) < 4.78 is 5.92. The van der Waals surface area contributed by atoms with Gasteiger partial charge in [-0.05, 0) is 50.5 Å². The van der Waals surface area contributed by atoms with Crippen molar-refractivity contribution >= 4 is 17.5 Å². The number of likely N-dealkylation sites (N-methyl/N-ethyl adjacent to an activating group) is 1. The summed E-state index contributed by atoms with van der Waals surface area (Å²) in [4.78, 5) is 21.6. The lowest BCUT2D eigenvalue weighted by molar-refractivity contribution is 0.0697. The maximum atomic E-state index is 11.0. The Balaban J connectivity index is 1.79. The molecule has 0 saturated heterocycles. The second-order valence-corrected chi connectivity index (χ2v) is 6.44. The van der Waals surface area contributed by atoms with E-state index < -0.39 is 5.97 Å². The van der Waals surface area contributed by atoms with Gasteiger partial charge in [-0.2, -0.15) is 0 Å². The third-order valence-electron chi connectivity index (χ3n) is 4.03. The fourth-order valence-electron chi connectivity index (χ4n) is 2.56. The zero-order valence-electron chi connectivity index (χ0n) is 15.8. The van der Waals surface area contributed by atoms with E-state index in [2.05, 4.69) is 20.2 Å². The third kappa shape index (κ3) is 5.05. The molecule has 28 heavy (non-hydrogen) atoms. The Labute approximate surface area is 163 Å². The topological polar surface area (TPSA) is 87.6 Å². The molecule has 1 aromatic heterocycles. The van der Waals surface area contributed by atoms with E-state index in [1.54, 1.807) is 24.3 Å². The molecule has 0 radical (unpaired) electrons. The molecule has 0 atom stereocenters. The molecule has 0 aliphatic heterocycles. The van der Waals surface area contributed by atoms with E-state index in [0.717, 1.165) is 29.2 Å². The average Bonchev–Trinajstić information content (AvgIpc) is 2.69. The normalized spacial score (nSPS) is 10.7. The van der Waals surface area contributed by atoms with Crippen molar-refractivity contribution in [2.75, 3.05) is 32.6 Å². The summed E-state index contributed by atoms with van der Waals surface area (Å²) in [6, 6.07) is 16.1. The molecule has 0 saturated carbocycles. The summed E-state index contributed by atoms with van der Waals surface area (Å²) in [5.41, 5.74) is 2.59. The summed E-state index contributed by atoms with van der Waals surface area (Å²) in [5.74, 6) is 0.415. The summed E-state index contributed by atoms with van der Waals surface area (Å²) in [5, 5.41) is 12.2. The Morgan fingerprint density at radius 2 is 1.86 bits per heavy atom. The first kappa shape index (κ1) is 19.3. The first-order chi connectivity index (χ1) is 13.5. The molecule has 1 heterocycles. The highest BCUT2D eigenvalue weighted by Crippen LogP contribution is 2.29. The Hall–Kier alpha value is -3.45. The van der Waals surface area contributed by atoms with E-state index >= 15 is 0 Å². The van der Waals surface area contributed by atoms with Crippen LogP contribution in [0.3, 0.4) is 0 Å². The molecule has 3 rings (SSSR count). The van der Waals surface area contributed by atoms with Crippen LogP contribution in [0.15, 0.2) is 60.9 Å². The van der Waals surface area contributed by atoms with Gasteiger partial charge in [0, 0.05) is 23.9 Å². The summed E-state index contributed by atoms with van der Waals surface area (Å²) in [6.07, 6.45) is 1.49. The summed E-state index contributed by atoms with van der Waals surface area (Å²) in [7, 11) is 4.00. The minimum atomic E-state index is -0.957. The first-order valence-corrected chi connectivity index (χ1v) is 8.82. The van der Waals surface area contributed by atoms with Crippen LogP contribution in [0, 0.1) is 0 Å². The van der Waals surface area contributed by atoms with Crippen LogP contribution < -0.4 is 10.1 Å². The predicted molar refractivity (Wildman–Crippen MR) is 108 cm³/mol. The zero-order valence-corrected chi connectivity index (χ0v) is 15.8. The van der Waals surface area contributed by atoms with Crippen molar-refractivity contribution in [2.45, 2.75) is 0 Å². The predicted octanol–water partition coefficient (Wildman–Crippen LogP) is 3.53.